The normalized spacial score (nSPS) is 12.1. The molecule has 1 N–H and O–H groups in total. The SMILES string of the molecule is CNC(C)Cc1noc(/C=C/c2ccc([N+](=O)[O-])cc2)n1.Cl. The molecule has 1 atom stereocenters. The minimum absolute atomic E-state index is 0. The number of halogens is 1. The first-order valence-electron chi connectivity index (χ1n) is 6.51. The Bertz CT molecular complexity index is 640. The average molecular weight is 325 g/mol. The fourth-order valence-corrected chi connectivity index (χ4v) is 1.67. The lowest BCUT2D eigenvalue weighted by Gasteiger charge is -2.04. The molecule has 0 radical (unpaired) electrons. The number of nitrogens with zero attached hydrogens (tertiary/aromatic N) is 3. The van der Waals surface area contributed by atoms with Crippen molar-refractivity contribution in [1.82, 2.24) is 15.5 Å². The number of likely N-dealkylation sites (N-methyl/N-ethyl adjacent to an activating group) is 1. The Morgan fingerprint density at radius 2 is 2.05 bits per heavy atom. The highest BCUT2D eigenvalue weighted by atomic mass is 35.5. The van der Waals surface area contributed by atoms with Crippen molar-refractivity contribution in [3.05, 3.63) is 51.7 Å². The minimum atomic E-state index is -0.430. The number of nitro groups is 1. The van der Waals surface area contributed by atoms with Crippen LogP contribution in [0.25, 0.3) is 12.2 Å². The molecule has 0 aliphatic rings. The molecule has 8 heteroatoms. The number of benzene rings is 1. The van der Waals surface area contributed by atoms with E-state index in [0.717, 1.165) is 5.56 Å². The molecule has 1 unspecified atom stereocenters. The van der Waals surface area contributed by atoms with Crippen LogP contribution in [-0.2, 0) is 6.42 Å². The highest BCUT2D eigenvalue weighted by Gasteiger charge is 2.07. The number of nitrogens with one attached hydrogen (secondary N) is 1. The maximum atomic E-state index is 10.6. The van der Waals surface area contributed by atoms with Gasteiger partial charge >= 0.3 is 0 Å². The molecule has 1 heterocycles. The molecule has 0 saturated heterocycles. The molecular formula is C14H17ClN4O3. The lowest BCUT2D eigenvalue weighted by Crippen LogP contribution is -2.24. The predicted molar refractivity (Wildman–Crippen MR) is 85.8 cm³/mol. The molecule has 1 aromatic heterocycles. The van der Waals surface area contributed by atoms with Crippen molar-refractivity contribution in [2.75, 3.05) is 7.05 Å². The van der Waals surface area contributed by atoms with Crippen molar-refractivity contribution in [3.8, 4) is 0 Å². The Morgan fingerprint density at radius 1 is 1.36 bits per heavy atom. The standard InChI is InChI=1S/C14H16N4O3.ClH/c1-10(15-2)9-13-16-14(21-17-13)8-5-11-3-6-12(7-4-11)18(19)20;/h3-8,10,15H,9H2,1-2H3;1H/b8-5+;. The van der Waals surface area contributed by atoms with Crippen LogP contribution in [0, 0.1) is 10.1 Å². The van der Waals surface area contributed by atoms with E-state index >= 15 is 0 Å². The Kier molecular flexibility index (Phi) is 6.68. The van der Waals surface area contributed by atoms with Gasteiger partial charge in [-0.25, -0.2) is 0 Å². The van der Waals surface area contributed by atoms with Crippen LogP contribution in [0.5, 0.6) is 0 Å². The van der Waals surface area contributed by atoms with Crippen LogP contribution in [-0.4, -0.2) is 28.2 Å². The Morgan fingerprint density at radius 3 is 2.64 bits per heavy atom. The third kappa shape index (κ3) is 4.94. The molecule has 0 aliphatic heterocycles. The number of hydrogen-bond acceptors (Lipinski definition) is 6. The highest BCUT2D eigenvalue weighted by molar-refractivity contribution is 5.85. The largest absolute Gasteiger partial charge is 0.335 e. The molecule has 0 aliphatic carbocycles. The van der Waals surface area contributed by atoms with Gasteiger partial charge in [0.1, 0.15) is 0 Å². The summed E-state index contributed by atoms with van der Waals surface area (Å²) in [4.78, 5) is 14.4. The summed E-state index contributed by atoms with van der Waals surface area (Å²) in [6.45, 7) is 2.03. The zero-order valence-corrected chi connectivity index (χ0v) is 13.0. The second kappa shape index (κ2) is 8.26. The number of rotatable bonds is 6. The molecular weight excluding hydrogens is 308 g/mol. The van der Waals surface area contributed by atoms with Gasteiger partial charge in [-0.3, -0.25) is 10.1 Å². The molecule has 0 spiro atoms. The maximum absolute atomic E-state index is 10.6. The van der Waals surface area contributed by atoms with Gasteiger partial charge in [0.05, 0.1) is 4.92 Å². The maximum Gasteiger partial charge on any atom is 0.269 e. The van der Waals surface area contributed by atoms with Gasteiger partial charge in [-0.2, -0.15) is 4.98 Å². The number of hydrogen-bond donors (Lipinski definition) is 1. The third-order valence-electron chi connectivity index (χ3n) is 2.99. The molecule has 22 heavy (non-hydrogen) atoms. The number of non-ortho nitro benzene ring substituents is 1. The van der Waals surface area contributed by atoms with Gasteiger partial charge in [0.15, 0.2) is 5.82 Å². The van der Waals surface area contributed by atoms with Gasteiger partial charge in [0.25, 0.3) is 11.6 Å². The van der Waals surface area contributed by atoms with Gasteiger partial charge in [0, 0.05) is 30.7 Å². The second-order valence-corrected chi connectivity index (χ2v) is 4.62. The summed E-state index contributed by atoms with van der Waals surface area (Å²) in [5, 5.41) is 17.5. The summed E-state index contributed by atoms with van der Waals surface area (Å²) in [5.74, 6) is 1.05. The van der Waals surface area contributed by atoms with E-state index in [-0.39, 0.29) is 24.1 Å². The van der Waals surface area contributed by atoms with Gasteiger partial charge < -0.3 is 9.84 Å². The lowest BCUT2D eigenvalue weighted by molar-refractivity contribution is -0.384. The molecule has 0 fully saturated rings. The van der Waals surface area contributed by atoms with Crippen LogP contribution in [0.4, 0.5) is 5.69 Å². The van der Waals surface area contributed by atoms with Crippen molar-refractivity contribution in [2.45, 2.75) is 19.4 Å². The fraction of sp³-hybridized carbons (Fsp3) is 0.286. The molecule has 0 amide bonds. The van der Waals surface area contributed by atoms with E-state index in [1.807, 2.05) is 14.0 Å². The van der Waals surface area contributed by atoms with Gasteiger partial charge in [0.2, 0.25) is 0 Å². The zero-order chi connectivity index (χ0) is 15.2. The van der Waals surface area contributed by atoms with Crippen LogP contribution in [0.3, 0.4) is 0 Å². The van der Waals surface area contributed by atoms with Crippen molar-refractivity contribution >= 4 is 30.2 Å². The first-order valence-corrected chi connectivity index (χ1v) is 6.51. The molecule has 0 saturated carbocycles. The third-order valence-corrected chi connectivity index (χ3v) is 2.99. The summed E-state index contributed by atoms with van der Waals surface area (Å²) in [5.41, 5.74) is 0.886. The van der Waals surface area contributed by atoms with E-state index in [0.29, 0.717) is 18.1 Å². The fourth-order valence-electron chi connectivity index (χ4n) is 1.67. The van der Waals surface area contributed by atoms with Crippen molar-refractivity contribution < 1.29 is 9.45 Å². The Balaban J connectivity index is 0.00000242. The smallest absolute Gasteiger partial charge is 0.269 e. The van der Waals surface area contributed by atoms with E-state index in [1.54, 1.807) is 24.3 Å². The van der Waals surface area contributed by atoms with Crippen LogP contribution in [0.1, 0.15) is 24.2 Å². The van der Waals surface area contributed by atoms with Crippen LogP contribution >= 0.6 is 12.4 Å². The van der Waals surface area contributed by atoms with E-state index < -0.39 is 4.92 Å². The highest BCUT2D eigenvalue weighted by Crippen LogP contribution is 2.14. The molecule has 1 aromatic carbocycles. The molecule has 7 nitrogen and oxygen atoms in total. The van der Waals surface area contributed by atoms with Crippen LogP contribution in [0.2, 0.25) is 0 Å². The summed E-state index contributed by atoms with van der Waals surface area (Å²) in [6, 6.07) is 6.50. The molecule has 118 valence electrons. The molecule has 2 aromatic rings. The van der Waals surface area contributed by atoms with Gasteiger partial charge in [-0.1, -0.05) is 5.16 Å². The first-order chi connectivity index (χ1) is 10.1. The van der Waals surface area contributed by atoms with E-state index in [2.05, 4.69) is 15.5 Å². The molecule has 0 bridgehead atoms. The van der Waals surface area contributed by atoms with Crippen molar-refractivity contribution in [3.63, 3.8) is 0 Å². The Labute approximate surface area is 134 Å². The number of aromatic nitrogens is 2. The predicted octanol–water partition coefficient (Wildman–Crippen LogP) is 2.72. The lowest BCUT2D eigenvalue weighted by atomic mass is 10.2. The summed E-state index contributed by atoms with van der Waals surface area (Å²) < 4.78 is 5.11. The molecule has 2 rings (SSSR count). The van der Waals surface area contributed by atoms with Crippen LogP contribution in [0.15, 0.2) is 28.8 Å². The van der Waals surface area contributed by atoms with Gasteiger partial charge in [-0.05, 0) is 37.7 Å². The summed E-state index contributed by atoms with van der Waals surface area (Å²) in [7, 11) is 1.88. The van der Waals surface area contributed by atoms with E-state index in [4.69, 9.17) is 4.52 Å². The average Bonchev–Trinajstić information content (AvgIpc) is 2.93. The minimum Gasteiger partial charge on any atom is -0.335 e. The number of nitro benzene ring substituents is 1. The zero-order valence-electron chi connectivity index (χ0n) is 12.2. The summed E-state index contributed by atoms with van der Waals surface area (Å²) >= 11 is 0. The van der Waals surface area contributed by atoms with Crippen LogP contribution < -0.4 is 5.32 Å². The second-order valence-electron chi connectivity index (χ2n) is 4.62. The topological polar surface area (TPSA) is 94.1 Å². The van der Waals surface area contributed by atoms with Gasteiger partial charge in [-0.15, -0.1) is 12.4 Å². The van der Waals surface area contributed by atoms with Crippen molar-refractivity contribution in [2.24, 2.45) is 0 Å². The Hall–Kier alpha value is -2.25. The quantitative estimate of drug-likeness (QED) is 0.648. The summed E-state index contributed by atoms with van der Waals surface area (Å²) in [6.07, 6.45) is 4.13. The van der Waals surface area contributed by atoms with E-state index in [1.165, 1.54) is 12.1 Å². The van der Waals surface area contributed by atoms with E-state index in [9.17, 15) is 10.1 Å². The first kappa shape index (κ1) is 17.8. The van der Waals surface area contributed by atoms with Crippen molar-refractivity contribution in [1.29, 1.82) is 0 Å². The monoisotopic (exact) mass is 324 g/mol.